The number of benzene rings is 1. The predicted octanol–water partition coefficient (Wildman–Crippen LogP) is 2.35. The molecule has 0 saturated heterocycles. The number of fused-ring (bicyclic) bond motifs is 1. The van der Waals surface area contributed by atoms with Gasteiger partial charge in [-0.2, -0.15) is 0 Å². The van der Waals surface area contributed by atoms with Crippen molar-refractivity contribution < 1.29 is 9.59 Å². The lowest BCUT2D eigenvalue weighted by Gasteiger charge is -2.24. The topological polar surface area (TPSA) is 54.3 Å². The molecule has 0 aliphatic heterocycles. The summed E-state index contributed by atoms with van der Waals surface area (Å²) in [5.74, 6) is -0.352. The second kappa shape index (κ2) is 8.15. The van der Waals surface area contributed by atoms with E-state index in [1.807, 2.05) is 41.1 Å². The maximum atomic E-state index is 12.4. The molecule has 1 unspecified atom stereocenters. The lowest BCUT2D eigenvalue weighted by atomic mass is 10.2. The molecule has 0 aliphatic rings. The molecule has 0 saturated carbocycles. The highest BCUT2D eigenvalue weighted by molar-refractivity contribution is 5.88. The van der Waals surface area contributed by atoms with Gasteiger partial charge in [0.2, 0.25) is 11.8 Å². The third kappa shape index (κ3) is 4.13. The summed E-state index contributed by atoms with van der Waals surface area (Å²) >= 11 is 0. The molecule has 1 atom stereocenters. The van der Waals surface area contributed by atoms with Crippen molar-refractivity contribution in [3.05, 3.63) is 61.8 Å². The number of hydrogen-bond donors (Lipinski definition) is 1. The van der Waals surface area contributed by atoms with Crippen LogP contribution in [-0.4, -0.2) is 40.4 Å². The van der Waals surface area contributed by atoms with Gasteiger partial charge >= 0.3 is 0 Å². The summed E-state index contributed by atoms with van der Waals surface area (Å²) in [4.78, 5) is 26.2. The zero-order valence-corrected chi connectivity index (χ0v) is 13.9. The van der Waals surface area contributed by atoms with Gasteiger partial charge in [0.1, 0.15) is 12.6 Å². The first-order valence-corrected chi connectivity index (χ1v) is 7.90. The van der Waals surface area contributed by atoms with E-state index in [0.717, 1.165) is 10.9 Å². The fourth-order valence-corrected chi connectivity index (χ4v) is 2.62. The zero-order valence-electron chi connectivity index (χ0n) is 13.9. The molecule has 2 rings (SSSR count). The Kier molecular flexibility index (Phi) is 5.95. The van der Waals surface area contributed by atoms with E-state index in [1.165, 1.54) is 0 Å². The number of amides is 2. The Morgan fingerprint density at radius 2 is 1.88 bits per heavy atom. The summed E-state index contributed by atoms with van der Waals surface area (Å²) in [6, 6.07) is 9.23. The highest BCUT2D eigenvalue weighted by Crippen LogP contribution is 2.14. The van der Waals surface area contributed by atoms with Crippen LogP contribution < -0.4 is 5.32 Å². The molecule has 0 aliphatic carbocycles. The van der Waals surface area contributed by atoms with Crippen LogP contribution in [0.2, 0.25) is 0 Å². The van der Waals surface area contributed by atoms with E-state index in [2.05, 4.69) is 18.5 Å². The molecule has 2 amide bonds. The monoisotopic (exact) mass is 325 g/mol. The number of para-hydroxylation sites is 1. The van der Waals surface area contributed by atoms with Crippen LogP contribution in [0.25, 0.3) is 10.9 Å². The molecule has 5 heteroatoms. The van der Waals surface area contributed by atoms with E-state index in [1.54, 1.807) is 24.0 Å². The van der Waals surface area contributed by atoms with Gasteiger partial charge in [-0.15, -0.1) is 13.2 Å². The minimum atomic E-state index is -0.598. The van der Waals surface area contributed by atoms with Gasteiger partial charge in [-0.1, -0.05) is 30.4 Å². The number of aromatic nitrogens is 1. The largest absolute Gasteiger partial charge is 0.343 e. The van der Waals surface area contributed by atoms with E-state index in [9.17, 15) is 9.59 Å². The molecule has 126 valence electrons. The lowest BCUT2D eigenvalue weighted by Crippen LogP contribution is -2.47. The van der Waals surface area contributed by atoms with Gasteiger partial charge in [-0.3, -0.25) is 9.59 Å². The summed E-state index contributed by atoms with van der Waals surface area (Å²) < 4.78 is 1.87. The first-order chi connectivity index (χ1) is 11.6. The number of nitrogens with zero attached hydrogens (tertiary/aromatic N) is 2. The van der Waals surface area contributed by atoms with Crippen LogP contribution in [-0.2, 0) is 16.1 Å². The van der Waals surface area contributed by atoms with Gasteiger partial charge in [0.05, 0.1) is 0 Å². The van der Waals surface area contributed by atoms with Crippen molar-refractivity contribution in [3.8, 4) is 0 Å². The van der Waals surface area contributed by atoms with E-state index in [-0.39, 0.29) is 18.4 Å². The Morgan fingerprint density at radius 3 is 2.54 bits per heavy atom. The molecule has 24 heavy (non-hydrogen) atoms. The summed E-state index contributed by atoms with van der Waals surface area (Å²) in [6.45, 7) is 10.0. The highest BCUT2D eigenvalue weighted by atomic mass is 16.2. The van der Waals surface area contributed by atoms with Gasteiger partial charge in [0.15, 0.2) is 0 Å². The van der Waals surface area contributed by atoms with Crippen molar-refractivity contribution in [2.45, 2.75) is 19.5 Å². The Morgan fingerprint density at radius 1 is 1.21 bits per heavy atom. The Balaban J connectivity index is 1.99. The summed E-state index contributed by atoms with van der Waals surface area (Å²) in [5.41, 5.74) is 0.992. The van der Waals surface area contributed by atoms with E-state index >= 15 is 0 Å². The molecular weight excluding hydrogens is 302 g/mol. The van der Waals surface area contributed by atoms with Gasteiger partial charge < -0.3 is 14.8 Å². The van der Waals surface area contributed by atoms with Gasteiger partial charge in [0, 0.05) is 24.8 Å². The van der Waals surface area contributed by atoms with Crippen molar-refractivity contribution >= 4 is 22.7 Å². The first-order valence-electron chi connectivity index (χ1n) is 7.90. The van der Waals surface area contributed by atoms with Crippen molar-refractivity contribution in [2.24, 2.45) is 0 Å². The van der Waals surface area contributed by atoms with Crippen molar-refractivity contribution in [1.29, 1.82) is 0 Å². The van der Waals surface area contributed by atoms with Crippen LogP contribution in [0.5, 0.6) is 0 Å². The van der Waals surface area contributed by atoms with Crippen LogP contribution in [0.4, 0.5) is 0 Å². The average Bonchev–Trinajstić information content (AvgIpc) is 2.97. The second-order valence-corrected chi connectivity index (χ2v) is 5.61. The molecule has 5 nitrogen and oxygen atoms in total. The third-order valence-electron chi connectivity index (χ3n) is 3.75. The SMILES string of the molecule is C=CCN(CC=C)C(=O)C(C)NC(=O)Cn1ccc2ccccc21. The molecule has 1 N–H and O–H groups in total. The summed E-state index contributed by atoms with van der Waals surface area (Å²) in [6.07, 6.45) is 5.18. The van der Waals surface area contributed by atoms with Crippen LogP contribution in [0.15, 0.2) is 61.8 Å². The van der Waals surface area contributed by atoms with Crippen LogP contribution in [0, 0.1) is 0 Å². The molecule has 0 spiro atoms. The molecule has 0 bridgehead atoms. The van der Waals surface area contributed by atoms with Crippen molar-refractivity contribution in [3.63, 3.8) is 0 Å². The lowest BCUT2D eigenvalue weighted by molar-refractivity contribution is -0.135. The van der Waals surface area contributed by atoms with Gasteiger partial charge in [-0.05, 0) is 24.4 Å². The Bertz CT molecular complexity index is 738. The fraction of sp³-hybridized carbons (Fsp3) is 0.263. The quantitative estimate of drug-likeness (QED) is 0.758. The van der Waals surface area contributed by atoms with E-state index in [0.29, 0.717) is 13.1 Å². The standard InChI is InChI=1S/C19H23N3O2/c1-4-11-21(12-5-2)19(24)15(3)20-18(23)14-22-13-10-16-8-6-7-9-17(16)22/h4-10,13,15H,1-2,11-12,14H2,3H3,(H,20,23). The predicted molar refractivity (Wildman–Crippen MR) is 96.5 cm³/mol. The molecule has 1 aromatic carbocycles. The number of carbonyl (C=O) groups excluding carboxylic acids is 2. The average molecular weight is 325 g/mol. The van der Waals surface area contributed by atoms with E-state index < -0.39 is 6.04 Å². The number of rotatable bonds is 8. The molecule has 0 fully saturated rings. The zero-order chi connectivity index (χ0) is 17.5. The number of carbonyl (C=O) groups is 2. The smallest absolute Gasteiger partial charge is 0.245 e. The first kappa shape index (κ1) is 17.5. The number of nitrogens with one attached hydrogen (secondary N) is 1. The molecule has 1 heterocycles. The number of hydrogen-bond acceptors (Lipinski definition) is 2. The van der Waals surface area contributed by atoms with Crippen molar-refractivity contribution in [1.82, 2.24) is 14.8 Å². The Hall–Kier alpha value is -2.82. The van der Waals surface area contributed by atoms with Gasteiger partial charge in [0.25, 0.3) is 0 Å². The van der Waals surface area contributed by atoms with Crippen LogP contribution in [0.3, 0.4) is 0 Å². The Labute approximate surface area is 142 Å². The van der Waals surface area contributed by atoms with Crippen LogP contribution >= 0.6 is 0 Å². The molecule has 1 aromatic heterocycles. The van der Waals surface area contributed by atoms with Gasteiger partial charge in [-0.25, -0.2) is 0 Å². The van der Waals surface area contributed by atoms with Crippen molar-refractivity contribution in [2.75, 3.05) is 13.1 Å². The summed E-state index contributed by atoms with van der Waals surface area (Å²) in [5, 5.41) is 3.84. The van der Waals surface area contributed by atoms with Crippen LogP contribution in [0.1, 0.15) is 6.92 Å². The third-order valence-corrected chi connectivity index (χ3v) is 3.75. The summed E-state index contributed by atoms with van der Waals surface area (Å²) in [7, 11) is 0. The maximum Gasteiger partial charge on any atom is 0.245 e. The fourth-order valence-electron chi connectivity index (χ4n) is 2.62. The highest BCUT2D eigenvalue weighted by Gasteiger charge is 2.20. The minimum Gasteiger partial charge on any atom is -0.343 e. The molecule has 2 aromatic rings. The van der Waals surface area contributed by atoms with E-state index in [4.69, 9.17) is 0 Å². The maximum absolute atomic E-state index is 12.4. The normalized spacial score (nSPS) is 11.7. The second-order valence-electron chi connectivity index (χ2n) is 5.61. The molecular formula is C19H23N3O2. The minimum absolute atomic E-state index is 0.152. The molecule has 0 radical (unpaired) electrons.